The Balaban J connectivity index is 2.83. The maximum absolute atomic E-state index is 12.0. The molecular weight excluding hydrogens is 248 g/mol. The van der Waals surface area contributed by atoms with E-state index in [0.717, 1.165) is 10.5 Å². The van der Waals surface area contributed by atoms with Crippen LogP contribution in [0, 0.1) is 6.92 Å². The minimum absolute atomic E-state index is 0.136. The number of nitrogens with zero attached hydrogens (tertiary/aromatic N) is 1. The number of hydrogen-bond donors (Lipinski definition) is 2. The first-order valence-corrected chi connectivity index (χ1v) is 6.09. The highest BCUT2D eigenvalue weighted by Crippen LogP contribution is 2.14. The van der Waals surface area contributed by atoms with Crippen molar-refractivity contribution in [3.05, 3.63) is 29.3 Å². The summed E-state index contributed by atoms with van der Waals surface area (Å²) in [5.74, 6) is -0.394. The lowest BCUT2D eigenvalue weighted by atomic mass is 10.1. The number of benzene rings is 1. The van der Waals surface area contributed by atoms with Gasteiger partial charge in [0.2, 0.25) is 5.91 Å². The average molecular weight is 266 g/mol. The number of thiol groups is 1. The lowest BCUT2D eigenvalue weighted by Crippen LogP contribution is -2.44. The number of rotatable bonds is 3. The van der Waals surface area contributed by atoms with E-state index < -0.39 is 6.04 Å². The first-order chi connectivity index (χ1) is 8.32. The third-order valence-electron chi connectivity index (χ3n) is 2.62. The highest BCUT2D eigenvalue weighted by molar-refractivity contribution is 7.80. The maximum Gasteiger partial charge on any atom is 0.252 e. The molecule has 0 saturated heterocycles. The summed E-state index contributed by atoms with van der Waals surface area (Å²) >= 11 is 4.20. The van der Waals surface area contributed by atoms with Crippen LogP contribution in [-0.2, 0) is 4.79 Å². The van der Waals surface area contributed by atoms with Gasteiger partial charge in [-0.15, -0.1) is 12.6 Å². The van der Waals surface area contributed by atoms with Gasteiger partial charge >= 0.3 is 0 Å². The molecule has 1 atom stereocenters. The summed E-state index contributed by atoms with van der Waals surface area (Å²) in [5.41, 5.74) is 1.40. The molecule has 2 amide bonds. The molecule has 1 aromatic rings. The molecule has 1 N–H and O–H groups in total. The Morgan fingerprint density at radius 1 is 1.33 bits per heavy atom. The monoisotopic (exact) mass is 266 g/mol. The molecule has 1 aromatic carbocycles. The van der Waals surface area contributed by atoms with Crippen molar-refractivity contribution in [1.29, 1.82) is 0 Å². The van der Waals surface area contributed by atoms with Gasteiger partial charge in [-0.25, -0.2) is 0 Å². The normalized spacial score (nSPS) is 11.8. The fraction of sp³-hybridized carbons (Fsp3) is 0.385. The van der Waals surface area contributed by atoms with E-state index >= 15 is 0 Å². The zero-order valence-electron chi connectivity index (χ0n) is 11.0. The second kappa shape index (κ2) is 5.91. The van der Waals surface area contributed by atoms with Crippen molar-refractivity contribution in [2.75, 3.05) is 14.1 Å². The largest absolute Gasteiger partial charge is 0.347 e. The standard InChI is InChI=1S/C13H18N2O2S/c1-8-5-6-10(18)7-11(8)12(16)14-9(2)13(17)15(3)4/h5-7,9,18H,1-4H3,(H,14,16). The summed E-state index contributed by atoms with van der Waals surface area (Å²) in [6.45, 7) is 3.51. The highest BCUT2D eigenvalue weighted by atomic mass is 32.1. The van der Waals surface area contributed by atoms with Crippen LogP contribution in [0.4, 0.5) is 0 Å². The van der Waals surface area contributed by atoms with Crippen LogP contribution in [0.1, 0.15) is 22.8 Å². The second-order valence-electron chi connectivity index (χ2n) is 4.43. The number of carbonyl (C=O) groups is 2. The summed E-state index contributed by atoms with van der Waals surface area (Å²) in [6.07, 6.45) is 0. The first kappa shape index (κ1) is 14.6. The Labute approximate surface area is 113 Å². The van der Waals surface area contributed by atoms with Crippen molar-refractivity contribution >= 4 is 24.4 Å². The molecule has 1 unspecified atom stereocenters. The topological polar surface area (TPSA) is 49.4 Å². The predicted octanol–water partition coefficient (Wildman–Crippen LogP) is 1.49. The van der Waals surface area contributed by atoms with Crippen molar-refractivity contribution < 1.29 is 9.59 Å². The van der Waals surface area contributed by atoms with Gasteiger partial charge in [-0.3, -0.25) is 9.59 Å². The molecule has 0 aliphatic heterocycles. The lowest BCUT2D eigenvalue weighted by molar-refractivity contribution is -0.130. The highest BCUT2D eigenvalue weighted by Gasteiger charge is 2.18. The fourth-order valence-electron chi connectivity index (χ4n) is 1.58. The third kappa shape index (κ3) is 3.50. The minimum Gasteiger partial charge on any atom is -0.347 e. The number of carbonyl (C=O) groups excluding carboxylic acids is 2. The quantitative estimate of drug-likeness (QED) is 0.814. The molecule has 0 aliphatic carbocycles. The first-order valence-electron chi connectivity index (χ1n) is 5.64. The number of hydrogen-bond acceptors (Lipinski definition) is 3. The third-order valence-corrected chi connectivity index (χ3v) is 2.90. The van der Waals surface area contributed by atoms with Crippen LogP contribution >= 0.6 is 12.6 Å². The SMILES string of the molecule is Cc1ccc(S)cc1C(=O)NC(C)C(=O)N(C)C. The van der Waals surface area contributed by atoms with Gasteiger partial charge in [-0.05, 0) is 31.5 Å². The van der Waals surface area contributed by atoms with Crippen LogP contribution in [0.15, 0.2) is 23.1 Å². The van der Waals surface area contributed by atoms with E-state index in [0.29, 0.717) is 5.56 Å². The van der Waals surface area contributed by atoms with Crippen LogP contribution in [-0.4, -0.2) is 36.9 Å². The molecule has 0 aliphatic rings. The zero-order valence-corrected chi connectivity index (χ0v) is 11.9. The van der Waals surface area contributed by atoms with Crippen molar-refractivity contribution in [3.63, 3.8) is 0 Å². The van der Waals surface area contributed by atoms with Gasteiger partial charge in [0, 0.05) is 24.6 Å². The molecule has 1 rings (SSSR count). The van der Waals surface area contributed by atoms with E-state index in [2.05, 4.69) is 17.9 Å². The molecule has 98 valence electrons. The smallest absolute Gasteiger partial charge is 0.252 e. The maximum atomic E-state index is 12.0. The van der Waals surface area contributed by atoms with Crippen molar-refractivity contribution in [2.24, 2.45) is 0 Å². The number of aryl methyl sites for hydroxylation is 1. The molecule has 4 nitrogen and oxygen atoms in total. The van der Waals surface area contributed by atoms with E-state index in [4.69, 9.17) is 0 Å². The average Bonchev–Trinajstić information content (AvgIpc) is 2.30. The minimum atomic E-state index is -0.546. The summed E-state index contributed by atoms with van der Waals surface area (Å²) in [4.78, 5) is 25.9. The number of amides is 2. The van der Waals surface area contributed by atoms with Gasteiger partial charge in [-0.2, -0.15) is 0 Å². The van der Waals surface area contributed by atoms with E-state index in [-0.39, 0.29) is 11.8 Å². The van der Waals surface area contributed by atoms with Crippen LogP contribution in [0.3, 0.4) is 0 Å². The van der Waals surface area contributed by atoms with E-state index in [9.17, 15) is 9.59 Å². The fourth-order valence-corrected chi connectivity index (χ4v) is 1.78. The predicted molar refractivity (Wildman–Crippen MR) is 74.1 cm³/mol. The Bertz CT molecular complexity index is 472. The molecule has 0 bridgehead atoms. The summed E-state index contributed by atoms with van der Waals surface area (Å²) in [5, 5.41) is 2.68. The zero-order chi connectivity index (χ0) is 13.9. The lowest BCUT2D eigenvalue weighted by Gasteiger charge is -2.18. The van der Waals surface area contributed by atoms with E-state index in [1.54, 1.807) is 27.1 Å². The molecular formula is C13H18N2O2S. The van der Waals surface area contributed by atoms with Gasteiger partial charge < -0.3 is 10.2 Å². The Morgan fingerprint density at radius 3 is 2.50 bits per heavy atom. The van der Waals surface area contributed by atoms with Crippen LogP contribution in [0.2, 0.25) is 0 Å². The van der Waals surface area contributed by atoms with Gasteiger partial charge in [0.05, 0.1) is 0 Å². The van der Waals surface area contributed by atoms with E-state index in [1.165, 1.54) is 4.90 Å². The molecule has 0 aromatic heterocycles. The van der Waals surface area contributed by atoms with Gasteiger partial charge in [0.1, 0.15) is 6.04 Å². The molecule has 0 radical (unpaired) electrons. The number of nitrogens with one attached hydrogen (secondary N) is 1. The second-order valence-corrected chi connectivity index (χ2v) is 4.94. The molecule has 0 saturated carbocycles. The van der Waals surface area contributed by atoms with Crippen LogP contribution in [0.5, 0.6) is 0 Å². The summed E-state index contributed by atoms with van der Waals surface area (Å²) in [6, 6.07) is 4.80. The van der Waals surface area contributed by atoms with E-state index in [1.807, 2.05) is 19.1 Å². The van der Waals surface area contributed by atoms with Crippen molar-refractivity contribution in [2.45, 2.75) is 24.8 Å². The molecule has 5 heteroatoms. The molecule has 0 spiro atoms. The Kier molecular flexibility index (Phi) is 4.78. The Hall–Kier alpha value is -1.49. The number of likely N-dealkylation sites (N-methyl/N-ethyl adjacent to an activating group) is 1. The summed E-state index contributed by atoms with van der Waals surface area (Å²) < 4.78 is 0. The summed E-state index contributed by atoms with van der Waals surface area (Å²) in [7, 11) is 3.31. The van der Waals surface area contributed by atoms with Crippen molar-refractivity contribution in [1.82, 2.24) is 10.2 Å². The Morgan fingerprint density at radius 2 is 1.94 bits per heavy atom. The molecule has 18 heavy (non-hydrogen) atoms. The molecule has 0 heterocycles. The van der Waals surface area contributed by atoms with Gasteiger partial charge in [-0.1, -0.05) is 6.07 Å². The van der Waals surface area contributed by atoms with Gasteiger partial charge in [0.25, 0.3) is 5.91 Å². The molecule has 0 fully saturated rings. The van der Waals surface area contributed by atoms with Crippen molar-refractivity contribution in [3.8, 4) is 0 Å². The van der Waals surface area contributed by atoms with Crippen LogP contribution < -0.4 is 5.32 Å². The van der Waals surface area contributed by atoms with Crippen LogP contribution in [0.25, 0.3) is 0 Å². The van der Waals surface area contributed by atoms with Gasteiger partial charge in [0.15, 0.2) is 0 Å².